The van der Waals surface area contributed by atoms with Crippen LogP contribution in [0.25, 0.3) is 0 Å². The number of ether oxygens (including phenoxy) is 1. The van der Waals surface area contributed by atoms with Gasteiger partial charge in [-0.1, -0.05) is 6.07 Å². The van der Waals surface area contributed by atoms with E-state index in [0.717, 1.165) is 36.6 Å². The molecule has 0 fully saturated rings. The van der Waals surface area contributed by atoms with Gasteiger partial charge in [0.2, 0.25) is 0 Å². The first-order valence-electron chi connectivity index (χ1n) is 4.77. The van der Waals surface area contributed by atoms with Gasteiger partial charge in [0.25, 0.3) is 0 Å². The van der Waals surface area contributed by atoms with Crippen LogP contribution in [0.3, 0.4) is 0 Å². The fourth-order valence-electron chi connectivity index (χ4n) is 1.04. The minimum absolute atomic E-state index is 0.787. The molecule has 0 saturated heterocycles. The van der Waals surface area contributed by atoms with E-state index in [1.807, 2.05) is 25.1 Å². The number of aromatic nitrogens is 1. The first-order valence-corrected chi connectivity index (χ1v) is 5.56. The van der Waals surface area contributed by atoms with Gasteiger partial charge in [0.05, 0.1) is 0 Å². The Bertz CT molecular complexity index is 268. The number of hydrogen-bond acceptors (Lipinski definition) is 3. The van der Waals surface area contributed by atoms with Crippen molar-refractivity contribution in [3.8, 4) is 0 Å². The Hall–Kier alpha value is -0.610. The van der Waals surface area contributed by atoms with E-state index in [1.165, 1.54) is 0 Å². The van der Waals surface area contributed by atoms with Crippen molar-refractivity contribution in [1.82, 2.24) is 4.98 Å². The second kappa shape index (κ2) is 6.79. The minimum atomic E-state index is 0.787. The highest BCUT2D eigenvalue weighted by molar-refractivity contribution is 9.10. The third-order valence-corrected chi connectivity index (χ3v) is 2.13. The second-order valence-corrected chi connectivity index (χ2v) is 3.64. The average Bonchev–Trinajstić information content (AvgIpc) is 2.18. The summed E-state index contributed by atoms with van der Waals surface area (Å²) < 4.78 is 6.08. The maximum Gasteiger partial charge on any atom is 0.127 e. The molecular formula is C10H15BrN2O. The van der Waals surface area contributed by atoms with E-state index in [0.29, 0.717) is 0 Å². The molecule has 0 aliphatic rings. The minimum Gasteiger partial charge on any atom is -0.382 e. The maximum atomic E-state index is 5.23. The van der Waals surface area contributed by atoms with Crippen molar-refractivity contribution in [1.29, 1.82) is 0 Å². The first-order chi connectivity index (χ1) is 6.83. The van der Waals surface area contributed by atoms with Crippen molar-refractivity contribution in [3.63, 3.8) is 0 Å². The Morgan fingerprint density at radius 2 is 2.36 bits per heavy atom. The van der Waals surface area contributed by atoms with Crippen LogP contribution >= 0.6 is 15.9 Å². The summed E-state index contributed by atoms with van der Waals surface area (Å²) in [7, 11) is 0. The lowest BCUT2D eigenvalue weighted by atomic mass is 10.4. The van der Waals surface area contributed by atoms with Crippen LogP contribution in [-0.4, -0.2) is 24.7 Å². The Balaban J connectivity index is 2.18. The molecule has 0 bridgehead atoms. The van der Waals surface area contributed by atoms with Crippen LogP contribution in [0.1, 0.15) is 13.3 Å². The number of nitrogens with one attached hydrogen (secondary N) is 1. The quantitative estimate of drug-likeness (QED) is 0.630. The number of pyridine rings is 1. The lowest BCUT2D eigenvalue weighted by Gasteiger charge is -2.05. The molecular weight excluding hydrogens is 244 g/mol. The molecule has 78 valence electrons. The number of anilines is 1. The van der Waals surface area contributed by atoms with E-state index in [2.05, 4.69) is 26.2 Å². The van der Waals surface area contributed by atoms with Crippen LogP contribution in [0.15, 0.2) is 22.8 Å². The molecule has 0 unspecified atom stereocenters. The molecule has 0 aliphatic carbocycles. The first kappa shape index (κ1) is 11.5. The summed E-state index contributed by atoms with van der Waals surface area (Å²) in [5, 5.41) is 3.22. The lowest BCUT2D eigenvalue weighted by molar-refractivity contribution is 0.147. The molecule has 3 nitrogen and oxygen atoms in total. The molecule has 0 aliphatic heterocycles. The largest absolute Gasteiger partial charge is 0.382 e. The fraction of sp³-hybridized carbons (Fsp3) is 0.500. The van der Waals surface area contributed by atoms with E-state index in [1.54, 1.807) is 0 Å². The highest BCUT2D eigenvalue weighted by Crippen LogP contribution is 2.09. The molecule has 1 heterocycles. The molecule has 1 aromatic rings. The van der Waals surface area contributed by atoms with Gasteiger partial charge in [-0.2, -0.15) is 0 Å². The van der Waals surface area contributed by atoms with Crippen molar-refractivity contribution in [2.75, 3.05) is 25.1 Å². The zero-order valence-electron chi connectivity index (χ0n) is 8.29. The predicted octanol–water partition coefficient (Wildman–Crippen LogP) is 2.68. The van der Waals surface area contributed by atoms with Crippen molar-refractivity contribution in [2.45, 2.75) is 13.3 Å². The van der Waals surface area contributed by atoms with E-state index < -0.39 is 0 Å². The zero-order valence-corrected chi connectivity index (χ0v) is 9.88. The van der Waals surface area contributed by atoms with Gasteiger partial charge in [-0.25, -0.2) is 4.98 Å². The molecule has 1 aromatic heterocycles. The highest BCUT2D eigenvalue weighted by Gasteiger charge is 1.93. The molecule has 0 radical (unpaired) electrons. The SMILES string of the molecule is CCOCCCNc1cccc(Br)n1. The number of rotatable bonds is 6. The van der Waals surface area contributed by atoms with Gasteiger partial charge < -0.3 is 10.1 Å². The Kier molecular flexibility index (Phi) is 5.56. The van der Waals surface area contributed by atoms with Crippen LogP contribution in [0.5, 0.6) is 0 Å². The summed E-state index contributed by atoms with van der Waals surface area (Å²) in [4.78, 5) is 4.26. The van der Waals surface area contributed by atoms with Gasteiger partial charge in [0.1, 0.15) is 10.4 Å². The molecule has 0 spiro atoms. The van der Waals surface area contributed by atoms with Gasteiger partial charge in [-0.3, -0.25) is 0 Å². The molecule has 4 heteroatoms. The van der Waals surface area contributed by atoms with Gasteiger partial charge in [0, 0.05) is 19.8 Å². The summed E-state index contributed by atoms with van der Waals surface area (Å²) in [5.41, 5.74) is 0. The highest BCUT2D eigenvalue weighted by atomic mass is 79.9. The van der Waals surface area contributed by atoms with Crippen LogP contribution in [0.4, 0.5) is 5.82 Å². The summed E-state index contributed by atoms with van der Waals surface area (Å²) in [6.07, 6.45) is 1.00. The molecule has 1 rings (SSSR count). The molecule has 0 saturated carbocycles. The number of halogens is 1. The van der Waals surface area contributed by atoms with Crippen molar-refractivity contribution in [3.05, 3.63) is 22.8 Å². The van der Waals surface area contributed by atoms with Crippen molar-refractivity contribution < 1.29 is 4.74 Å². The third kappa shape index (κ3) is 4.58. The topological polar surface area (TPSA) is 34.1 Å². The zero-order chi connectivity index (χ0) is 10.2. The molecule has 0 amide bonds. The van der Waals surface area contributed by atoms with E-state index in [-0.39, 0.29) is 0 Å². The van der Waals surface area contributed by atoms with Crippen LogP contribution in [0, 0.1) is 0 Å². The van der Waals surface area contributed by atoms with E-state index in [9.17, 15) is 0 Å². The Morgan fingerprint density at radius 3 is 3.07 bits per heavy atom. The fourth-order valence-corrected chi connectivity index (χ4v) is 1.39. The molecule has 1 N–H and O–H groups in total. The predicted molar refractivity (Wildman–Crippen MR) is 61.5 cm³/mol. The number of nitrogens with zero attached hydrogens (tertiary/aromatic N) is 1. The van der Waals surface area contributed by atoms with Crippen LogP contribution in [-0.2, 0) is 4.74 Å². The average molecular weight is 259 g/mol. The normalized spacial score (nSPS) is 10.1. The Labute approximate surface area is 93.0 Å². The van der Waals surface area contributed by atoms with E-state index in [4.69, 9.17) is 4.74 Å². The van der Waals surface area contributed by atoms with Crippen LogP contribution in [0.2, 0.25) is 0 Å². The summed E-state index contributed by atoms with van der Waals surface area (Å²) in [6.45, 7) is 4.49. The molecule has 0 aromatic carbocycles. The van der Waals surface area contributed by atoms with Crippen molar-refractivity contribution in [2.24, 2.45) is 0 Å². The monoisotopic (exact) mass is 258 g/mol. The second-order valence-electron chi connectivity index (χ2n) is 2.82. The summed E-state index contributed by atoms with van der Waals surface area (Å²) in [6, 6.07) is 5.82. The van der Waals surface area contributed by atoms with Gasteiger partial charge in [0.15, 0.2) is 0 Å². The lowest BCUT2D eigenvalue weighted by Crippen LogP contribution is -2.06. The Morgan fingerprint density at radius 1 is 1.50 bits per heavy atom. The summed E-state index contributed by atoms with van der Waals surface area (Å²) >= 11 is 3.32. The summed E-state index contributed by atoms with van der Waals surface area (Å²) in [5.74, 6) is 0.899. The van der Waals surface area contributed by atoms with Gasteiger partial charge in [-0.05, 0) is 41.4 Å². The standard InChI is InChI=1S/C10H15BrN2O/c1-2-14-8-4-7-12-10-6-3-5-9(11)13-10/h3,5-6H,2,4,7-8H2,1H3,(H,12,13). The number of hydrogen-bond donors (Lipinski definition) is 1. The van der Waals surface area contributed by atoms with Crippen LogP contribution < -0.4 is 5.32 Å². The van der Waals surface area contributed by atoms with Crippen molar-refractivity contribution >= 4 is 21.7 Å². The smallest absolute Gasteiger partial charge is 0.127 e. The van der Waals surface area contributed by atoms with E-state index >= 15 is 0 Å². The molecule has 0 atom stereocenters. The third-order valence-electron chi connectivity index (χ3n) is 1.69. The van der Waals surface area contributed by atoms with Gasteiger partial charge >= 0.3 is 0 Å². The molecule has 14 heavy (non-hydrogen) atoms. The van der Waals surface area contributed by atoms with Gasteiger partial charge in [-0.15, -0.1) is 0 Å². The maximum absolute atomic E-state index is 5.23.